The van der Waals surface area contributed by atoms with Gasteiger partial charge in [-0.05, 0) is 23.6 Å². The van der Waals surface area contributed by atoms with E-state index < -0.39 is 6.16 Å². The van der Waals surface area contributed by atoms with Crippen molar-refractivity contribution >= 4 is 34.0 Å². The summed E-state index contributed by atoms with van der Waals surface area (Å²) in [6.07, 6.45) is -1.54. The van der Waals surface area contributed by atoms with Crippen molar-refractivity contribution in [3.63, 3.8) is 0 Å². The molecule has 0 aliphatic rings. The van der Waals surface area contributed by atoms with Crippen molar-refractivity contribution in [3.05, 3.63) is 40.1 Å². The minimum absolute atomic E-state index is 0.0371. The van der Waals surface area contributed by atoms with Gasteiger partial charge in [0.05, 0.1) is 10.8 Å². The van der Waals surface area contributed by atoms with E-state index in [1.165, 1.54) is 6.07 Å². The molecule has 0 saturated heterocycles. The summed E-state index contributed by atoms with van der Waals surface area (Å²) in [4.78, 5) is 27.3. The predicted octanol–water partition coefficient (Wildman–Crippen LogP) is 3.10. The van der Waals surface area contributed by atoms with Crippen molar-refractivity contribution in [3.8, 4) is 5.75 Å². The Labute approximate surface area is 130 Å². The molecular weight excluding hydrogens is 300 g/mol. The van der Waals surface area contributed by atoms with Gasteiger partial charge >= 0.3 is 6.16 Å². The number of benzene rings is 1. The van der Waals surface area contributed by atoms with E-state index in [-0.39, 0.29) is 34.0 Å². The number of hydrogen-bond donors (Lipinski definition) is 2. The summed E-state index contributed by atoms with van der Waals surface area (Å²) in [6.45, 7) is 4.04. The van der Waals surface area contributed by atoms with E-state index in [4.69, 9.17) is 15.3 Å². The summed E-state index contributed by atoms with van der Waals surface area (Å²) in [5, 5.41) is 9.21. The van der Waals surface area contributed by atoms with Gasteiger partial charge in [0.1, 0.15) is 5.58 Å². The summed E-state index contributed by atoms with van der Waals surface area (Å²) in [6, 6.07) is 6.59. The van der Waals surface area contributed by atoms with Gasteiger partial charge in [0.15, 0.2) is 11.6 Å². The number of aromatic nitrogens is 1. The van der Waals surface area contributed by atoms with Gasteiger partial charge in [-0.3, -0.25) is 4.79 Å². The minimum Gasteiger partial charge on any atom is -0.449 e. The van der Waals surface area contributed by atoms with Gasteiger partial charge in [-0.25, -0.2) is 4.79 Å². The molecule has 3 rings (SSSR count). The molecule has 1 aromatic carbocycles. The molecule has 0 aliphatic heterocycles. The maximum Gasteiger partial charge on any atom is 0.511 e. The molecule has 2 heterocycles. The van der Waals surface area contributed by atoms with Crippen LogP contribution in [0, 0.1) is 0 Å². The zero-order valence-electron chi connectivity index (χ0n) is 12.5. The first kappa shape index (κ1) is 14.8. The number of nitrogen functional groups attached to an aromatic ring is 1. The largest absolute Gasteiger partial charge is 0.511 e. The first-order valence-corrected chi connectivity index (χ1v) is 6.94. The number of carboxylic acid groups (broad SMARTS) is 1. The SMILES string of the molecule is CC(C)c1ccc2oc3nc(N)c(OC(=O)O)cc3c(=O)c2c1. The van der Waals surface area contributed by atoms with Crippen LogP contribution < -0.4 is 15.9 Å². The smallest absolute Gasteiger partial charge is 0.449 e. The summed E-state index contributed by atoms with van der Waals surface area (Å²) < 4.78 is 10.1. The van der Waals surface area contributed by atoms with Crippen molar-refractivity contribution in [2.45, 2.75) is 19.8 Å². The van der Waals surface area contributed by atoms with E-state index in [0.29, 0.717) is 11.0 Å². The lowest BCUT2D eigenvalue weighted by Gasteiger charge is -2.08. The monoisotopic (exact) mass is 314 g/mol. The van der Waals surface area contributed by atoms with Gasteiger partial charge in [-0.2, -0.15) is 4.98 Å². The van der Waals surface area contributed by atoms with Gasteiger partial charge in [-0.1, -0.05) is 19.9 Å². The van der Waals surface area contributed by atoms with Crippen molar-refractivity contribution < 1.29 is 19.1 Å². The fraction of sp³-hybridized carbons (Fsp3) is 0.188. The van der Waals surface area contributed by atoms with Crippen molar-refractivity contribution in [1.82, 2.24) is 4.98 Å². The molecule has 0 atom stereocenters. The van der Waals surface area contributed by atoms with Gasteiger partial charge < -0.3 is 20.0 Å². The van der Waals surface area contributed by atoms with E-state index in [9.17, 15) is 9.59 Å². The van der Waals surface area contributed by atoms with Crippen LogP contribution in [0.4, 0.5) is 10.6 Å². The molecule has 7 heteroatoms. The highest BCUT2D eigenvalue weighted by Crippen LogP contribution is 2.27. The van der Waals surface area contributed by atoms with Crippen LogP contribution in [0.25, 0.3) is 22.1 Å². The summed E-state index contributed by atoms with van der Waals surface area (Å²) in [7, 11) is 0. The van der Waals surface area contributed by atoms with E-state index >= 15 is 0 Å². The van der Waals surface area contributed by atoms with Gasteiger partial charge in [0, 0.05) is 6.07 Å². The molecule has 3 N–H and O–H groups in total. The first-order valence-electron chi connectivity index (χ1n) is 6.94. The van der Waals surface area contributed by atoms with Crippen molar-refractivity contribution in [1.29, 1.82) is 0 Å². The molecule has 0 fully saturated rings. The Kier molecular flexibility index (Phi) is 3.40. The Morgan fingerprint density at radius 1 is 1.30 bits per heavy atom. The van der Waals surface area contributed by atoms with Gasteiger partial charge in [0.2, 0.25) is 11.1 Å². The van der Waals surface area contributed by atoms with Crippen LogP contribution in [-0.4, -0.2) is 16.2 Å². The molecule has 0 bridgehead atoms. The number of rotatable bonds is 2. The molecule has 0 saturated carbocycles. The van der Waals surface area contributed by atoms with Crippen LogP contribution in [0.15, 0.2) is 33.5 Å². The molecule has 2 aromatic heterocycles. The highest BCUT2D eigenvalue weighted by atomic mass is 16.7. The Hall–Kier alpha value is -3.09. The Balaban J connectivity index is 2.33. The normalized spacial score (nSPS) is 11.3. The van der Waals surface area contributed by atoms with Crippen LogP contribution >= 0.6 is 0 Å². The fourth-order valence-corrected chi connectivity index (χ4v) is 2.33. The maximum absolute atomic E-state index is 12.7. The molecule has 118 valence electrons. The first-order chi connectivity index (χ1) is 10.9. The Bertz CT molecular complexity index is 991. The number of nitrogens with zero attached hydrogens (tertiary/aromatic N) is 1. The molecule has 7 nitrogen and oxygen atoms in total. The summed E-state index contributed by atoms with van der Waals surface area (Å²) in [5.74, 6) is -0.109. The topological polar surface area (TPSA) is 116 Å². The number of ether oxygens (including phenoxy) is 1. The summed E-state index contributed by atoms with van der Waals surface area (Å²) in [5.41, 5.74) is 6.74. The average Bonchev–Trinajstić information content (AvgIpc) is 2.48. The lowest BCUT2D eigenvalue weighted by atomic mass is 10.0. The molecule has 23 heavy (non-hydrogen) atoms. The molecule has 3 aromatic rings. The second kappa shape index (κ2) is 5.28. The van der Waals surface area contributed by atoms with E-state index in [0.717, 1.165) is 5.56 Å². The number of nitrogens with two attached hydrogens (primary N) is 1. The molecule has 0 spiro atoms. The standard InChI is InChI=1S/C16H14N2O5/c1-7(2)8-3-4-11-9(5-8)13(19)10-6-12(23-16(20)21)14(17)18-15(10)22-11/h3-7H,1-2H3,(H2,17,18)(H,20,21). The molecule has 0 aliphatic carbocycles. The second-order valence-electron chi connectivity index (χ2n) is 5.43. The Morgan fingerprint density at radius 3 is 2.70 bits per heavy atom. The number of fused-ring (bicyclic) bond motifs is 2. The van der Waals surface area contributed by atoms with Crippen molar-refractivity contribution in [2.24, 2.45) is 0 Å². The van der Waals surface area contributed by atoms with Crippen LogP contribution in [-0.2, 0) is 0 Å². The Morgan fingerprint density at radius 2 is 2.04 bits per heavy atom. The molecule has 0 amide bonds. The molecule has 0 radical (unpaired) electrons. The third-order valence-corrected chi connectivity index (χ3v) is 3.54. The lowest BCUT2D eigenvalue weighted by Crippen LogP contribution is -2.09. The second-order valence-corrected chi connectivity index (χ2v) is 5.43. The van der Waals surface area contributed by atoms with Crippen LogP contribution in [0.1, 0.15) is 25.3 Å². The third kappa shape index (κ3) is 2.57. The average molecular weight is 314 g/mol. The minimum atomic E-state index is -1.54. The zero-order chi connectivity index (χ0) is 16.7. The predicted molar refractivity (Wildman–Crippen MR) is 84.9 cm³/mol. The van der Waals surface area contributed by atoms with E-state index in [2.05, 4.69) is 9.72 Å². The van der Waals surface area contributed by atoms with Crippen LogP contribution in [0.2, 0.25) is 0 Å². The van der Waals surface area contributed by atoms with Gasteiger partial charge in [0.25, 0.3) is 0 Å². The number of hydrogen-bond acceptors (Lipinski definition) is 6. The highest BCUT2D eigenvalue weighted by Gasteiger charge is 2.15. The number of pyridine rings is 1. The third-order valence-electron chi connectivity index (χ3n) is 3.54. The fourth-order valence-electron chi connectivity index (χ4n) is 2.33. The number of carbonyl (C=O) groups is 1. The number of anilines is 1. The molecule has 0 unspecified atom stereocenters. The zero-order valence-corrected chi connectivity index (χ0v) is 12.5. The molecular formula is C16H14N2O5. The quantitative estimate of drug-likeness (QED) is 0.551. The lowest BCUT2D eigenvalue weighted by molar-refractivity contribution is 0.144. The van der Waals surface area contributed by atoms with E-state index in [1.807, 2.05) is 19.9 Å². The van der Waals surface area contributed by atoms with Crippen LogP contribution in [0.5, 0.6) is 5.75 Å². The van der Waals surface area contributed by atoms with Crippen molar-refractivity contribution in [2.75, 3.05) is 5.73 Å². The van der Waals surface area contributed by atoms with E-state index in [1.54, 1.807) is 12.1 Å². The maximum atomic E-state index is 12.7. The van der Waals surface area contributed by atoms with Crippen LogP contribution in [0.3, 0.4) is 0 Å². The summed E-state index contributed by atoms with van der Waals surface area (Å²) >= 11 is 0. The highest BCUT2D eigenvalue weighted by molar-refractivity contribution is 5.90. The van der Waals surface area contributed by atoms with Gasteiger partial charge in [-0.15, -0.1) is 0 Å².